The molecule has 0 bridgehead atoms. The molecule has 2 rings (SSSR count). The molecule has 1 atom stereocenters. The van der Waals surface area contributed by atoms with Gasteiger partial charge in [0.1, 0.15) is 0 Å². The van der Waals surface area contributed by atoms with Gasteiger partial charge in [0.15, 0.2) is 0 Å². The van der Waals surface area contributed by atoms with E-state index >= 15 is 0 Å². The molecule has 0 aliphatic heterocycles. The van der Waals surface area contributed by atoms with E-state index in [0.29, 0.717) is 6.54 Å². The Balaban J connectivity index is 1.76. The minimum atomic E-state index is -0.435. The van der Waals surface area contributed by atoms with Crippen molar-refractivity contribution < 1.29 is 10.2 Å². The monoisotopic (exact) mass is 269 g/mol. The van der Waals surface area contributed by atoms with Gasteiger partial charge in [-0.25, -0.2) is 0 Å². The van der Waals surface area contributed by atoms with Crippen molar-refractivity contribution in [2.75, 3.05) is 19.7 Å². The fourth-order valence-corrected chi connectivity index (χ4v) is 3.46. The highest BCUT2D eigenvalue weighted by Gasteiger charge is 2.30. The van der Waals surface area contributed by atoms with Gasteiger partial charge in [-0.1, -0.05) is 19.3 Å². The molecule has 4 heteroatoms. The summed E-state index contributed by atoms with van der Waals surface area (Å²) in [5, 5.41) is 26.9. The van der Waals surface area contributed by atoms with Gasteiger partial charge in [-0.3, -0.25) is 0 Å². The van der Waals surface area contributed by atoms with Crippen molar-refractivity contribution in [1.82, 2.24) is 5.32 Å². The van der Waals surface area contributed by atoms with Crippen LogP contribution in [-0.4, -0.2) is 29.9 Å². The molecule has 1 heterocycles. The smallest absolute Gasteiger partial charge is 0.0922 e. The molecule has 18 heavy (non-hydrogen) atoms. The van der Waals surface area contributed by atoms with E-state index in [4.69, 9.17) is 0 Å². The van der Waals surface area contributed by atoms with E-state index in [1.165, 1.54) is 19.3 Å². The average Bonchev–Trinajstić information content (AvgIpc) is 2.94. The zero-order valence-corrected chi connectivity index (χ0v) is 11.6. The number of nitrogens with one attached hydrogen (secondary N) is 1. The molecule has 102 valence electrons. The van der Waals surface area contributed by atoms with Crippen molar-refractivity contribution >= 4 is 11.3 Å². The van der Waals surface area contributed by atoms with Gasteiger partial charge >= 0.3 is 0 Å². The van der Waals surface area contributed by atoms with Crippen molar-refractivity contribution in [3.63, 3.8) is 0 Å². The molecule has 0 saturated heterocycles. The fraction of sp³-hybridized carbons (Fsp3) is 0.714. The number of rotatable bonds is 6. The Labute approximate surface area is 113 Å². The molecule has 0 aromatic carbocycles. The van der Waals surface area contributed by atoms with Crippen LogP contribution < -0.4 is 5.32 Å². The maximum Gasteiger partial charge on any atom is 0.0922 e. The number of hydrogen-bond acceptors (Lipinski definition) is 4. The van der Waals surface area contributed by atoms with Crippen molar-refractivity contribution in [2.24, 2.45) is 5.41 Å². The Hall–Kier alpha value is -0.420. The first-order valence-corrected chi connectivity index (χ1v) is 7.72. The lowest BCUT2D eigenvalue weighted by molar-refractivity contribution is 0.0757. The third kappa shape index (κ3) is 3.54. The van der Waals surface area contributed by atoms with Crippen LogP contribution in [0.1, 0.15) is 43.8 Å². The Bertz CT molecular complexity index is 334. The summed E-state index contributed by atoms with van der Waals surface area (Å²) in [6.45, 7) is 1.64. The van der Waals surface area contributed by atoms with Gasteiger partial charge in [-0.15, -0.1) is 0 Å². The zero-order valence-electron chi connectivity index (χ0n) is 10.8. The molecule has 1 aliphatic carbocycles. The van der Waals surface area contributed by atoms with Crippen LogP contribution in [0.2, 0.25) is 0 Å². The molecule has 3 nitrogen and oxygen atoms in total. The molecule has 1 saturated carbocycles. The molecule has 1 fully saturated rings. The largest absolute Gasteiger partial charge is 0.396 e. The second-order valence-electron chi connectivity index (χ2n) is 5.42. The van der Waals surface area contributed by atoms with E-state index in [0.717, 1.165) is 24.9 Å². The molecule has 1 aliphatic rings. The Kier molecular flexibility index (Phi) is 5.18. The first-order valence-electron chi connectivity index (χ1n) is 6.77. The summed E-state index contributed by atoms with van der Waals surface area (Å²) >= 11 is 1.61. The van der Waals surface area contributed by atoms with Gasteiger partial charge in [-0.05, 0) is 35.2 Å². The Morgan fingerprint density at radius 3 is 2.72 bits per heavy atom. The molecule has 1 aromatic heterocycles. The van der Waals surface area contributed by atoms with Gasteiger partial charge < -0.3 is 15.5 Å². The van der Waals surface area contributed by atoms with Gasteiger partial charge in [0.2, 0.25) is 0 Å². The highest BCUT2D eigenvalue weighted by molar-refractivity contribution is 7.07. The second kappa shape index (κ2) is 6.66. The molecular weight excluding hydrogens is 246 g/mol. The van der Waals surface area contributed by atoms with E-state index in [1.807, 2.05) is 16.8 Å². The fourth-order valence-electron chi connectivity index (χ4n) is 2.75. The number of hydrogen-bond donors (Lipinski definition) is 3. The highest BCUT2D eigenvalue weighted by atomic mass is 32.1. The van der Waals surface area contributed by atoms with Gasteiger partial charge in [0.05, 0.1) is 6.10 Å². The number of aliphatic hydroxyl groups is 2. The van der Waals surface area contributed by atoms with E-state index in [9.17, 15) is 10.2 Å². The van der Waals surface area contributed by atoms with E-state index < -0.39 is 6.10 Å². The van der Waals surface area contributed by atoms with Crippen LogP contribution >= 0.6 is 11.3 Å². The molecule has 0 spiro atoms. The van der Waals surface area contributed by atoms with Crippen LogP contribution in [0.3, 0.4) is 0 Å². The summed E-state index contributed by atoms with van der Waals surface area (Å²) in [6.07, 6.45) is 5.50. The van der Waals surface area contributed by atoms with Gasteiger partial charge in [0, 0.05) is 25.1 Å². The Morgan fingerprint density at radius 1 is 1.33 bits per heavy atom. The third-order valence-corrected chi connectivity index (χ3v) is 4.72. The zero-order chi connectivity index (χ0) is 12.8. The summed E-state index contributed by atoms with van der Waals surface area (Å²) in [7, 11) is 0. The molecule has 1 unspecified atom stereocenters. The SMILES string of the molecule is OCC1(CNCC(O)c2ccsc2)CCCCC1. The van der Waals surface area contributed by atoms with Crippen LogP contribution in [0.4, 0.5) is 0 Å². The number of aliphatic hydroxyl groups excluding tert-OH is 2. The maximum absolute atomic E-state index is 9.98. The summed E-state index contributed by atoms with van der Waals surface area (Å²) in [4.78, 5) is 0. The van der Waals surface area contributed by atoms with Crippen LogP contribution in [-0.2, 0) is 0 Å². The highest BCUT2D eigenvalue weighted by Crippen LogP contribution is 2.35. The van der Waals surface area contributed by atoms with Crippen LogP contribution in [0.5, 0.6) is 0 Å². The standard InChI is InChI=1S/C14H23NO2S/c16-11-14(5-2-1-3-6-14)10-15-8-13(17)12-4-7-18-9-12/h4,7,9,13,15-17H,1-3,5-6,8,10-11H2. The summed E-state index contributed by atoms with van der Waals surface area (Å²) in [5.41, 5.74) is 1.03. The lowest BCUT2D eigenvalue weighted by Gasteiger charge is -2.36. The van der Waals surface area contributed by atoms with E-state index in [-0.39, 0.29) is 12.0 Å². The van der Waals surface area contributed by atoms with Crippen molar-refractivity contribution in [3.05, 3.63) is 22.4 Å². The molecule has 0 amide bonds. The van der Waals surface area contributed by atoms with Crippen molar-refractivity contribution in [3.8, 4) is 0 Å². The lowest BCUT2D eigenvalue weighted by Crippen LogP contribution is -2.40. The average molecular weight is 269 g/mol. The van der Waals surface area contributed by atoms with Crippen molar-refractivity contribution in [2.45, 2.75) is 38.2 Å². The quantitative estimate of drug-likeness (QED) is 0.743. The third-order valence-electron chi connectivity index (χ3n) is 4.02. The topological polar surface area (TPSA) is 52.5 Å². The predicted molar refractivity (Wildman–Crippen MR) is 74.8 cm³/mol. The Morgan fingerprint density at radius 2 is 2.11 bits per heavy atom. The van der Waals surface area contributed by atoms with Crippen LogP contribution in [0, 0.1) is 5.41 Å². The molecule has 3 N–H and O–H groups in total. The first kappa shape index (κ1) is 14.0. The lowest BCUT2D eigenvalue weighted by atomic mass is 9.74. The summed E-state index contributed by atoms with van der Waals surface area (Å²) < 4.78 is 0. The van der Waals surface area contributed by atoms with Crippen LogP contribution in [0.15, 0.2) is 16.8 Å². The van der Waals surface area contributed by atoms with E-state index in [1.54, 1.807) is 11.3 Å². The predicted octanol–water partition coefficient (Wildman–Crippen LogP) is 2.31. The van der Waals surface area contributed by atoms with E-state index in [2.05, 4.69) is 5.32 Å². The van der Waals surface area contributed by atoms with Crippen LogP contribution in [0.25, 0.3) is 0 Å². The maximum atomic E-state index is 9.98. The minimum absolute atomic E-state index is 0.0482. The minimum Gasteiger partial charge on any atom is -0.396 e. The molecule has 1 aromatic rings. The normalized spacial score (nSPS) is 20.8. The second-order valence-corrected chi connectivity index (χ2v) is 6.20. The first-order chi connectivity index (χ1) is 8.76. The summed E-state index contributed by atoms with van der Waals surface area (Å²) in [5.74, 6) is 0. The van der Waals surface area contributed by atoms with Gasteiger partial charge in [0.25, 0.3) is 0 Å². The van der Waals surface area contributed by atoms with Gasteiger partial charge in [-0.2, -0.15) is 11.3 Å². The molecule has 0 radical (unpaired) electrons. The van der Waals surface area contributed by atoms with Crippen molar-refractivity contribution in [1.29, 1.82) is 0 Å². The summed E-state index contributed by atoms with van der Waals surface area (Å²) in [6, 6.07) is 1.96. The number of thiophene rings is 1. The molecular formula is C14H23NO2S.